The van der Waals surface area contributed by atoms with Crippen LogP contribution in [-0.2, 0) is 0 Å². The Morgan fingerprint density at radius 1 is 1.24 bits per heavy atom. The second-order valence-electron chi connectivity index (χ2n) is 6.12. The maximum atomic E-state index is 12.9. The van der Waals surface area contributed by atoms with Crippen LogP contribution in [0.2, 0.25) is 0 Å². The van der Waals surface area contributed by atoms with Gasteiger partial charge in [0.2, 0.25) is 0 Å². The van der Waals surface area contributed by atoms with Gasteiger partial charge in [-0.3, -0.25) is 4.98 Å². The molecule has 1 rings (SSSR count). The molecule has 2 atom stereocenters. The van der Waals surface area contributed by atoms with Gasteiger partial charge >= 0.3 is 0 Å². The summed E-state index contributed by atoms with van der Waals surface area (Å²) < 4.78 is 12.9. The third kappa shape index (κ3) is 6.10. The number of aliphatic hydroxyl groups is 1. The molecule has 1 aromatic rings. The van der Waals surface area contributed by atoms with E-state index in [-0.39, 0.29) is 11.7 Å². The summed E-state index contributed by atoms with van der Waals surface area (Å²) in [5.41, 5.74) is 0.543. The van der Waals surface area contributed by atoms with Crippen LogP contribution >= 0.6 is 0 Å². The zero-order valence-corrected chi connectivity index (χ0v) is 13.7. The highest BCUT2D eigenvalue weighted by Gasteiger charge is 2.21. The van der Waals surface area contributed by atoms with Crippen LogP contribution in [0.3, 0.4) is 0 Å². The van der Waals surface area contributed by atoms with Crippen molar-refractivity contribution in [3.8, 4) is 0 Å². The van der Waals surface area contributed by atoms with Crippen molar-refractivity contribution in [2.75, 3.05) is 13.1 Å². The molecule has 1 heterocycles. The fourth-order valence-corrected chi connectivity index (χ4v) is 2.45. The van der Waals surface area contributed by atoms with Gasteiger partial charge in [0.05, 0.1) is 18.0 Å². The molecule has 0 aliphatic heterocycles. The molecule has 2 unspecified atom stereocenters. The third-order valence-electron chi connectivity index (χ3n) is 3.89. The second-order valence-corrected chi connectivity index (χ2v) is 6.12. The van der Waals surface area contributed by atoms with E-state index in [2.05, 4.69) is 30.7 Å². The number of halogens is 1. The SMILES string of the molecule is CCCCCN(CC(C)C(O)c1ccc(F)cn1)C(C)C. The first kappa shape index (κ1) is 18.1. The number of aliphatic hydroxyl groups excluding tert-OH is 1. The van der Waals surface area contributed by atoms with Gasteiger partial charge in [0.25, 0.3) is 0 Å². The van der Waals surface area contributed by atoms with Crippen LogP contribution in [-0.4, -0.2) is 34.1 Å². The summed E-state index contributed by atoms with van der Waals surface area (Å²) in [6.45, 7) is 10.5. The average molecular weight is 296 g/mol. The molecule has 0 aromatic carbocycles. The molecule has 21 heavy (non-hydrogen) atoms. The van der Waals surface area contributed by atoms with E-state index in [0.29, 0.717) is 11.7 Å². The van der Waals surface area contributed by atoms with Gasteiger partial charge in [0.15, 0.2) is 0 Å². The summed E-state index contributed by atoms with van der Waals surface area (Å²) in [6, 6.07) is 3.37. The largest absolute Gasteiger partial charge is 0.386 e. The lowest BCUT2D eigenvalue weighted by atomic mass is 10.00. The van der Waals surface area contributed by atoms with Gasteiger partial charge in [-0.15, -0.1) is 0 Å². The zero-order chi connectivity index (χ0) is 15.8. The molecule has 0 bridgehead atoms. The summed E-state index contributed by atoms with van der Waals surface area (Å²) in [5.74, 6) is -0.311. The number of unbranched alkanes of at least 4 members (excludes halogenated alkanes) is 2. The van der Waals surface area contributed by atoms with E-state index in [1.165, 1.54) is 25.3 Å². The molecule has 0 fully saturated rings. The highest BCUT2D eigenvalue weighted by Crippen LogP contribution is 2.22. The molecular formula is C17H29FN2O. The second kappa shape index (κ2) is 9.11. The van der Waals surface area contributed by atoms with Crippen LogP contribution in [0.1, 0.15) is 58.8 Å². The maximum Gasteiger partial charge on any atom is 0.141 e. The Hall–Kier alpha value is -1.00. The Balaban J connectivity index is 2.58. The van der Waals surface area contributed by atoms with E-state index in [0.717, 1.165) is 19.3 Å². The number of pyridine rings is 1. The van der Waals surface area contributed by atoms with Crippen LogP contribution in [0.4, 0.5) is 4.39 Å². The summed E-state index contributed by atoms with van der Waals surface area (Å²) >= 11 is 0. The Labute approximate surface area is 128 Å². The lowest BCUT2D eigenvalue weighted by molar-refractivity contribution is 0.0746. The Bertz CT molecular complexity index is 394. The summed E-state index contributed by atoms with van der Waals surface area (Å²) in [5, 5.41) is 10.4. The smallest absolute Gasteiger partial charge is 0.141 e. The van der Waals surface area contributed by atoms with Gasteiger partial charge in [-0.05, 0) is 38.9 Å². The van der Waals surface area contributed by atoms with E-state index in [9.17, 15) is 9.50 Å². The molecule has 1 aromatic heterocycles. The number of aromatic nitrogens is 1. The zero-order valence-electron chi connectivity index (χ0n) is 13.7. The molecule has 0 spiro atoms. The molecule has 4 heteroatoms. The molecule has 0 radical (unpaired) electrons. The molecule has 0 aliphatic carbocycles. The molecule has 120 valence electrons. The standard InChI is InChI=1S/C17H29FN2O/c1-5-6-7-10-20(13(2)3)12-14(4)17(21)16-9-8-15(18)11-19-16/h8-9,11,13-14,17,21H,5-7,10,12H2,1-4H3. The minimum atomic E-state index is -0.655. The molecular weight excluding hydrogens is 267 g/mol. The topological polar surface area (TPSA) is 36.4 Å². The van der Waals surface area contributed by atoms with Gasteiger partial charge in [0.1, 0.15) is 5.82 Å². The lowest BCUT2D eigenvalue weighted by Crippen LogP contribution is -2.37. The fraction of sp³-hybridized carbons (Fsp3) is 0.706. The Morgan fingerprint density at radius 2 is 1.95 bits per heavy atom. The third-order valence-corrected chi connectivity index (χ3v) is 3.89. The van der Waals surface area contributed by atoms with Crippen molar-refractivity contribution < 1.29 is 9.50 Å². The van der Waals surface area contributed by atoms with Crippen molar-refractivity contribution in [2.24, 2.45) is 5.92 Å². The Morgan fingerprint density at radius 3 is 2.48 bits per heavy atom. The van der Waals surface area contributed by atoms with Crippen LogP contribution in [0.15, 0.2) is 18.3 Å². The molecule has 1 N–H and O–H groups in total. The van der Waals surface area contributed by atoms with Gasteiger partial charge in [-0.1, -0.05) is 26.7 Å². The quantitative estimate of drug-likeness (QED) is 0.704. The number of hydrogen-bond acceptors (Lipinski definition) is 3. The molecule has 3 nitrogen and oxygen atoms in total. The van der Waals surface area contributed by atoms with Crippen molar-refractivity contribution >= 4 is 0 Å². The number of rotatable bonds is 9. The van der Waals surface area contributed by atoms with Gasteiger partial charge < -0.3 is 10.0 Å². The van der Waals surface area contributed by atoms with E-state index in [1.54, 1.807) is 6.07 Å². The van der Waals surface area contributed by atoms with Crippen LogP contribution in [0.25, 0.3) is 0 Å². The summed E-state index contributed by atoms with van der Waals surface area (Å²) in [4.78, 5) is 6.38. The number of hydrogen-bond donors (Lipinski definition) is 1. The van der Waals surface area contributed by atoms with Gasteiger partial charge in [-0.2, -0.15) is 0 Å². The first-order chi connectivity index (χ1) is 9.95. The predicted octanol–water partition coefficient (Wildman–Crippen LogP) is 3.79. The van der Waals surface area contributed by atoms with Crippen LogP contribution < -0.4 is 0 Å². The first-order valence-corrected chi connectivity index (χ1v) is 7.99. The van der Waals surface area contributed by atoms with E-state index in [1.807, 2.05) is 6.92 Å². The number of nitrogens with zero attached hydrogens (tertiary/aromatic N) is 2. The molecule has 0 saturated heterocycles. The maximum absolute atomic E-state index is 12.9. The Kier molecular flexibility index (Phi) is 7.83. The highest BCUT2D eigenvalue weighted by atomic mass is 19.1. The minimum absolute atomic E-state index is 0.0620. The summed E-state index contributed by atoms with van der Waals surface area (Å²) in [7, 11) is 0. The average Bonchev–Trinajstić information content (AvgIpc) is 2.46. The van der Waals surface area contributed by atoms with Crippen LogP contribution in [0.5, 0.6) is 0 Å². The van der Waals surface area contributed by atoms with E-state index < -0.39 is 6.10 Å². The van der Waals surface area contributed by atoms with Crippen molar-refractivity contribution in [3.63, 3.8) is 0 Å². The normalized spacial score (nSPS) is 14.7. The minimum Gasteiger partial charge on any atom is -0.386 e. The summed E-state index contributed by atoms with van der Waals surface area (Å²) in [6.07, 6.45) is 4.14. The van der Waals surface area contributed by atoms with Gasteiger partial charge in [0, 0.05) is 18.5 Å². The van der Waals surface area contributed by atoms with E-state index in [4.69, 9.17) is 0 Å². The lowest BCUT2D eigenvalue weighted by Gasteiger charge is -2.31. The van der Waals surface area contributed by atoms with Crippen molar-refractivity contribution in [1.29, 1.82) is 0 Å². The van der Waals surface area contributed by atoms with Gasteiger partial charge in [-0.25, -0.2) is 4.39 Å². The van der Waals surface area contributed by atoms with Crippen molar-refractivity contribution in [2.45, 2.75) is 59.1 Å². The molecule has 0 amide bonds. The molecule has 0 aliphatic rings. The van der Waals surface area contributed by atoms with Crippen molar-refractivity contribution in [1.82, 2.24) is 9.88 Å². The first-order valence-electron chi connectivity index (χ1n) is 7.99. The van der Waals surface area contributed by atoms with E-state index >= 15 is 0 Å². The van der Waals surface area contributed by atoms with Crippen molar-refractivity contribution in [3.05, 3.63) is 29.8 Å². The predicted molar refractivity (Wildman–Crippen MR) is 84.6 cm³/mol. The highest BCUT2D eigenvalue weighted by molar-refractivity contribution is 5.08. The molecule has 0 saturated carbocycles. The fourth-order valence-electron chi connectivity index (χ4n) is 2.45. The van der Waals surface area contributed by atoms with Crippen LogP contribution in [0, 0.1) is 11.7 Å². The monoisotopic (exact) mass is 296 g/mol.